The number of alkyl halides is 3. The van der Waals surface area contributed by atoms with Gasteiger partial charge in [0.05, 0.1) is 0 Å². The molecule has 0 unspecified atom stereocenters. The van der Waals surface area contributed by atoms with Crippen LogP contribution in [-0.2, 0) is 17.2 Å². The Bertz CT molecular complexity index is 2460. The van der Waals surface area contributed by atoms with Crippen molar-refractivity contribution in [2.24, 2.45) is 5.73 Å². The van der Waals surface area contributed by atoms with Crippen molar-refractivity contribution in [2.45, 2.75) is 32.2 Å². The van der Waals surface area contributed by atoms with Gasteiger partial charge in [0.1, 0.15) is 5.76 Å². The summed E-state index contributed by atoms with van der Waals surface area (Å²) >= 11 is 0. The lowest BCUT2D eigenvalue weighted by molar-refractivity contribution is -0.0742. The quantitative estimate of drug-likeness (QED) is 0.0548. The number of hydrogen-bond acceptors (Lipinski definition) is 2. The van der Waals surface area contributed by atoms with Crippen molar-refractivity contribution in [1.29, 1.82) is 0 Å². The average Bonchev–Trinajstić information content (AvgIpc) is 3.09. The minimum absolute atomic E-state index is 0.248. The summed E-state index contributed by atoms with van der Waals surface area (Å²) in [5.74, 6) is -1.48. The Morgan fingerprint density at radius 1 is 0.680 bits per heavy atom. The fourth-order valence-electron chi connectivity index (χ4n) is 6.91. The molecule has 0 bridgehead atoms. The zero-order valence-electron chi connectivity index (χ0n) is 27.9. The van der Waals surface area contributed by atoms with Gasteiger partial charge in [0.15, 0.2) is 0 Å². The van der Waals surface area contributed by atoms with E-state index in [1.807, 2.05) is 18.2 Å². The second-order valence-electron chi connectivity index (χ2n) is 12.9. The zero-order valence-corrected chi connectivity index (χ0v) is 27.9. The molecule has 0 saturated heterocycles. The van der Waals surface area contributed by atoms with E-state index in [0.29, 0.717) is 12.2 Å². The van der Waals surface area contributed by atoms with Gasteiger partial charge >= 0.3 is 6.05 Å². The van der Waals surface area contributed by atoms with Gasteiger partial charge in [0.2, 0.25) is 5.85 Å². The molecule has 0 aliphatic rings. The number of allylic oxidation sites excluding steroid dienone is 4. The van der Waals surface area contributed by atoms with Crippen LogP contribution in [0.25, 0.3) is 65.3 Å². The zero-order chi connectivity index (χ0) is 35.0. The molecule has 0 atom stereocenters. The molecule has 2 nitrogen and oxygen atoms in total. The molecule has 7 aromatic rings. The van der Waals surface area contributed by atoms with Crippen LogP contribution in [0.2, 0.25) is 0 Å². The third kappa shape index (κ3) is 6.40. The monoisotopic (exact) mass is 663 g/mol. The number of halogens is 3. The Hall–Kier alpha value is -5.65. The molecule has 0 fully saturated rings. The number of hydrogen-bond donors (Lipinski definition) is 1. The van der Waals surface area contributed by atoms with Crippen molar-refractivity contribution < 1.29 is 17.9 Å². The van der Waals surface area contributed by atoms with Crippen molar-refractivity contribution in [2.75, 3.05) is 0 Å². The molecule has 7 aromatic carbocycles. The first-order valence-electron chi connectivity index (χ1n) is 16.5. The summed E-state index contributed by atoms with van der Waals surface area (Å²) < 4.78 is 47.9. The van der Waals surface area contributed by atoms with E-state index >= 15 is 0 Å². The number of ether oxygens (including phenoxy) is 1. The number of nitrogens with two attached hydrogens (primary N) is 1. The molecule has 7 rings (SSSR count). The molecule has 248 valence electrons. The van der Waals surface area contributed by atoms with E-state index in [1.165, 1.54) is 36.8 Å². The van der Waals surface area contributed by atoms with Crippen LogP contribution in [-0.4, -0.2) is 5.85 Å². The van der Waals surface area contributed by atoms with Crippen molar-refractivity contribution in [3.63, 3.8) is 0 Å². The van der Waals surface area contributed by atoms with Gasteiger partial charge in [-0.3, -0.25) is 5.73 Å². The van der Waals surface area contributed by atoms with Crippen LogP contribution in [0.5, 0.6) is 0 Å². The first-order valence-corrected chi connectivity index (χ1v) is 16.5. The first kappa shape index (κ1) is 32.9. The van der Waals surface area contributed by atoms with Crippen molar-refractivity contribution >= 4 is 43.1 Å². The third-order valence-electron chi connectivity index (χ3n) is 8.96. The molecular formula is C45H36F3NO. The maximum absolute atomic E-state index is 14.3. The second kappa shape index (κ2) is 13.0. The number of rotatable bonds is 9. The molecule has 0 aliphatic heterocycles. The lowest BCUT2D eigenvalue weighted by Crippen LogP contribution is -2.24. The Morgan fingerprint density at radius 2 is 1.28 bits per heavy atom. The largest absolute Gasteiger partial charge is 0.459 e. The highest BCUT2D eigenvalue weighted by atomic mass is 19.3. The summed E-state index contributed by atoms with van der Waals surface area (Å²) in [6.07, 6.45) is 7.39. The molecule has 2 N–H and O–H groups in total. The van der Waals surface area contributed by atoms with Crippen LogP contribution < -0.4 is 5.73 Å². The van der Waals surface area contributed by atoms with Crippen LogP contribution >= 0.6 is 0 Å². The minimum Gasteiger partial charge on any atom is -0.459 e. The number of benzene rings is 7. The molecule has 50 heavy (non-hydrogen) atoms. The summed E-state index contributed by atoms with van der Waals surface area (Å²) in [4.78, 5) is 0. The molecule has 0 amide bonds. The van der Waals surface area contributed by atoms with E-state index in [-0.39, 0.29) is 5.56 Å². The van der Waals surface area contributed by atoms with Crippen LogP contribution in [0.1, 0.15) is 25.0 Å². The van der Waals surface area contributed by atoms with Gasteiger partial charge in [0, 0.05) is 19.4 Å². The van der Waals surface area contributed by atoms with Gasteiger partial charge in [-0.1, -0.05) is 134 Å². The van der Waals surface area contributed by atoms with Gasteiger partial charge in [0.25, 0.3) is 0 Å². The molecule has 0 heterocycles. The van der Waals surface area contributed by atoms with E-state index in [1.54, 1.807) is 30.4 Å². The van der Waals surface area contributed by atoms with E-state index in [0.717, 1.165) is 60.1 Å². The summed E-state index contributed by atoms with van der Waals surface area (Å²) in [6, 6.07) is 36.7. The molecule has 0 aliphatic carbocycles. The predicted molar refractivity (Wildman–Crippen MR) is 203 cm³/mol. The SMILES string of the molecule is C=C/C=C(\C=C/Cc1ccc2c(-c3cc4ccccc4c4ccccc34)c3ccccc3c(-c3ccc(C(N)(F)F)cc3)c2c1)OC(C)(C)F. The van der Waals surface area contributed by atoms with Crippen molar-refractivity contribution in [3.8, 4) is 22.3 Å². The van der Waals surface area contributed by atoms with Crippen molar-refractivity contribution in [3.05, 3.63) is 169 Å². The minimum atomic E-state index is -3.44. The Labute approximate surface area is 289 Å². The molecular weight excluding hydrogens is 627 g/mol. The highest BCUT2D eigenvalue weighted by Crippen LogP contribution is 2.47. The Morgan fingerprint density at radius 3 is 1.94 bits per heavy atom. The third-order valence-corrected chi connectivity index (χ3v) is 8.96. The second-order valence-corrected chi connectivity index (χ2v) is 12.9. The summed E-state index contributed by atoms with van der Waals surface area (Å²) in [7, 11) is 0. The molecule has 0 aromatic heterocycles. The fraction of sp³-hybridized carbons (Fsp3) is 0.111. The fourth-order valence-corrected chi connectivity index (χ4v) is 6.91. The molecule has 5 heteroatoms. The Kier molecular flexibility index (Phi) is 8.54. The van der Waals surface area contributed by atoms with E-state index < -0.39 is 11.9 Å². The van der Waals surface area contributed by atoms with Crippen LogP contribution in [0.4, 0.5) is 13.2 Å². The molecule has 0 saturated carbocycles. The average molecular weight is 664 g/mol. The van der Waals surface area contributed by atoms with Crippen LogP contribution in [0.15, 0.2) is 158 Å². The normalized spacial score (nSPS) is 12.8. The Balaban J connectivity index is 1.50. The van der Waals surface area contributed by atoms with Crippen LogP contribution in [0.3, 0.4) is 0 Å². The van der Waals surface area contributed by atoms with Gasteiger partial charge in [-0.25, -0.2) is 0 Å². The van der Waals surface area contributed by atoms with Crippen LogP contribution in [0, 0.1) is 0 Å². The molecule has 0 spiro atoms. The highest BCUT2D eigenvalue weighted by Gasteiger charge is 2.25. The topological polar surface area (TPSA) is 35.2 Å². The van der Waals surface area contributed by atoms with E-state index in [4.69, 9.17) is 10.5 Å². The van der Waals surface area contributed by atoms with E-state index in [9.17, 15) is 13.2 Å². The summed E-state index contributed by atoms with van der Waals surface area (Å²) in [5, 5.41) is 8.72. The van der Waals surface area contributed by atoms with E-state index in [2.05, 4.69) is 91.5 Å². The maximum atomic E-state index is 14.3. The lowest BCUT2D eigenvalue weighted by Gasteiger charge is -2.20. The highest BCUT2D eigenvalue weighted by molar-refractivity contribution is 6.25. The predicted octanol–water partition coefficient (Wildman–Crippen LogP) is 12.5. The summed E-state index contributed by atoms with van der Waals surface area (Å²) in [5.41, 5.74) is 9.88. The maximum Gasteiger partial charge on any atom is 0.326 e. The van der Waals surface area contributed by atoms with Gasteiger partial charge < -0.3 is 4.74 Å². The lowest BCUT2D eigenvalue weighted by atomic mass is 9.83. The number of fused-ring (bicyclic) bond motifs is 5. The first-order chi connectivity index (χ1) is 24.0. The smallest absolute Gasteiger partial charge is 0.326 e. The summed E-state index contributed by atoms with van der Waals surface area (Å²) in [6.45, 7) is 6.42. The van der Waals surface area contributed by atoms with Gasteiger partial charge in [-0.15, -0.1) is 0 Å². The van der Waals surface area contributed by atoms with Gasteiger partial charge in [-0.05, 0) is 95.5 Å². The molecule has 0 radical (unpaired) electrons. The van der Waals surface area contributed by atoms with Crippen molar-refractivity contribution in [1.82, 2.24) is 0 Å². The standard InChI is InChI=1S/C45H36F3NO/c1-4-12-33(50-44(2,3)46)15-11-13-29-21-26-39-40(27-29)42(30-22-24-32(25-23-30)45(47,48)49)37-19-9-10-20-38(37)43(39)41-28-31-14-5-6-16-34(31)35-17-7-8-18-36(35)41/h4-12,14-28H,1,13,49H2,2-3H3/b15-11-,33-12+. The van der Waals surface area contributed by atoms with Gasteiger partial charge in [-0.2, -0.15) is 13.2 Å².